The highest BCUT2D eigenvalue weighted by Gasteiger charge is 2.38. The Morgan fingerprint density at radius 3 is 2.74 bits per heavy atom. The van der Waals surface area contributed by atoms with Gasteiger partial charge in [0.15, 0.2) is 5.78 Å². The smallest absolute Gasteiger partial charge is 0.168 e. The van der Waals surface area contributed by atoms with Gasteiger partial charge in [0.2, 0.25) is 0 Å². The minimum Gasteiger partial charge on any atom is -0.382 e. The maximum atomic E-state index is 12.3. The first-order valence-corrected chi connectivity index (χ1v) is 6.77. The second-order valence-corrected chi connectivity index (χ2v) is 5.33. The quantitative estimate of drug-likeness (QED) is 0.917. The number of pyridine rings is 1. The Labute approximate surface area is 112 Å². The fraction of sp³-hybridized carbons (Fsp3) is 0.375. The van der Waals surface area contributed by atoms with E-state index >= 15 is 0 Å². The normalized spacial score (nSPS) is 17.7. The lowest BCUT2D eigenvalue weighted by Gasteiger charge is -2.20. The van der Waals surface area contributed by atoms with E-state index in [9.17, 15) is 9.90 Å². The first-order chi connectivity index (χ1) is 9.19. The van der Waals surface area contributed by atoms with Crippen LogP contribution in [0.25, 0.3) is 10.9 Å². The van der Waals surface area contributed by atoms with Crippen LogP contribution < -0.4 is 0 Å². The summed E-state index contributed by atoms with van der Waals surface area (Å²) in [4.78, 5) is 16.6. The van der Waals surface area contributed by atoms with Crippen LogP contribution >= 0.6 is 0 Å². The lowest BCUT2D eigenvalue weighted by molar-refractivity contribution is -0.135. The molecule has 2 aromatic rings. The summed E-state index contributed by atoms with van der Waals surface area (Å²) in [6.07, 6.45) is 5.12. The van der Waals surface area contributed by atoms with Gasteiger partial charge in [0.1, 0.15) is 5.60 Å². The van der Waals surface area contributed by atoms with E-state index in [1.807, 2.05) is 30.3 Å². The van der Waals surface area contributed by atoms with E-state index in [0.717, 1.165) is 29.3 Å². The van der Waals surface area contributed by atoms with Crippen LogP contribution in [0.1, 0.15) is 31.2 Å². The van der Waals surface area contributed by atoms with E-state index < -0.39 is 5.60 Å². The van der Waals surface area contributed by atoms with Crippen LogP contribution in [-0.2, 0) is 11.2 Å². The Morgan fingerprint density at radius 2 is 1.95 bits per heavy atom. The molecule has 0 aliphatic heterocycles. The molecule has 0 atom stereocenters. The van der Waals surface area contributed by atoms with Crippen molar-refractivity contribution in [1.29, 1.82) is 0 Å². The lowest BCUT2D eigenvalue weighted by atomic mass is 9.91. The van der Waals surface area contributed by atoms with Crippen LogP contribution in [0.5, 0.6) is 0 Å². The van der Waals surface area contributed by atoms with Gasteiger partial charge in [-0.1, -0.05) is 18.2 Å². The largest absolute Gasteiger partial charge is 0.382 e. The highest BCUT2D eigenvalue weighted by molar-refractivity contribution is 5.93. The first-order valence-electron chi connectivity index (χ1n) is 6.77. The van der Waals surface area contributed by atoms with Crippen LogP contribution in [0.15, 0.2) is 36.5 Å². The average Bonchev–Trinajstić information content (AvgIpc) is 2.87. The highest BCUT2D eigenvalue weighted by atomic mass is 16.3. The third-order valence-electron chi connectivity index (χ3n) is 4.04. The number of aliphatic hydroxyl groups is 1. The summed E-state index contributed by atoms with van der Waals surface area (Å²) in [5.74, 6) is -0.0543. The topological polar surface area (TPSA) is 50.2 Å². The molecule has 0 unspecified atom stereocenters. The Bertz CT molecular complexity index is 610. The molecular weight excluding hydrogens is 238 g/mol. The zero-order chi connectivity index (χ0) is 13.3. The van der Waals surface area contributed by atoms with Crippen molar-refractivity contribution in [3.63, 3.8) is 0 Å². The summed E-state index contributed by atoms with van der Waals surface area (Å²) >= 11 is 0. The summed E-state index contributed by atoms with van der Waals surface area (Å²) in [5.41, 5.74) is 0.756. The van der Waals surface area contributed by atoms with E-state index in [4.69, 9.17) is 0 Å². The Kier molecular flexibility index (Phi) is 3.07. The van der Waals surface area contributed by atoms with Gasteiger partial charge in [0.05, 0.1) is 5.52 Å². The molecule has 19 heavy (non-hydrogen) atoms. The van der Waals surface area contributed by atoms with Crippen LogP contribution in [0, 0.1) is 0 Å². The van der Waals surface area contributed by atoms with Crippen LogP contribution in [0.4, 0.5) is 0 Å². The van der Waals surface area contributed by atoms with Crippen molar-refractivity contribution in [3.8, 4) is 0 Å². The van der Waals surface area contributed by atoms with E-state index in [2.05, 4.69) is 4.98 Å². The molecular formula is C16H17NO2. The van der Waals surface area contributed by atoms with Crippen molar-refractivity contribution in [3.05, 3.63) is 42.1 Å². The van der Waals surface area contributed by atoms with Gasteiger partial charge in [-0.15, -0.1) is 0 Å². The van der Waals surface area contributed by atoms with Gasteiger partial charge in [-0.2, -0.15) is 0 Å². The fourth-order valence-corrected chi connectivity index (χ4v) is 2.89. The number of fused-ring (bicyclic) bond motifs is 1. The maximum absolute atomic E-state index is 12.3. The Hall–Kier alpha value is -1.74. The van der Waals surface area contributed by atoms with E-state index in [1.54, 1.807) is 6.20 Å². The third-order valence-corrected chi connectivity index (χ3v) is 4.04. The standard InChI is InChI=1S/C16H17NO2/c18-15(16(19)8-3-4-9-16)11-12-7-10-17-14-6-2-1-5-13(12)14/h1-2,5-7,10,19H,3-4,8-9,11H2. The number of para-hydroxylation sites is 1. The summed E-state index contributed by atoms with van der Waals surface area (Å²) in [6, 6.07) is 9.67. The van der Waals surface area contributed by atoms with Gasteiger partial charge in [-0.05, 0) is 43.4 Å². The van der Waals surface area contributed by atoms with Crippen LogP contribution in [-0.4, -0.2) is 21.5 Å². The minimum absolute atomic E-state index is 0.0543. The van der Waals surface area contributed by atoms with Crippen LogP contribution in [0.2, 0.25) is 0 Å². The molecule has 1 heterocycles. The molecule has 1 saturated carbocycles. The van der Waals surface area contributed by atoms with E-state index in [-0.39, 0.29) is 5.78 Å². The van der Waals surface area contributed by atoms with Gasteiger partial charge in [-0.25, -0.2) is 0 Å². The molecule has 0 bridgehead atoms. The summed E-state index contributed by atoms with van der Waals surface area (Å²) in [6.45, 7) is 0. The molecule has 3 heteroatoms. The summed E-state index contributed by atoms with van der Waals surface area (Å²) in [7, 11) is 0. The molecule has 1 N–H and O–H groups in total. The molecule has 98 valence electrons. The van der Waals surface area contributed by atoms with E-state index in [1.165, 1.54) is 0 Å². The molecule has 1 fully saturated rings. The molecule has 1 aromatic heterocycles. The highest BCUT2D eigenvalue weighted by Crippen LogP contribution is 2.31. The predicted molar refractivity (Wildman–Crippen MR) is 73.9 cm³/mol. The predicted octanol–water partition coefficient (Wildman–Crippen LogP) is 2.65. The van der Waals surface area contributed by atoms with Gasteiger partial charge < -0.3 is 5.11 Å². The number of aromatic nitrogens is 1. The van der Waals surface area contributed by atoms with Gasteiger partial charge >= 0.3 is 0 Å². The lowest BCUT2D eigenvalue weighted by Crippen LogP contribution is -2.36. The number of ketones is 1. The number of carbonyl (C=O) groups is 1. The number of carbonyl (C=O) groups excluding carboxylic acids is 1. The molecule has 1 aromatic carbocycles. The molecule has 0 radical (unpaired) electrons. The Morgan fingerprint density at radius 1 is 1.21 bits per heavy atom. The molecule has 0 amide bonds. The maximum Gasteiger partial charge on any atom is 0.168 e. The molecule has 0 spiro atoms. The number of hydrogen-bond acceptors (Lipinski definition) is 3. The first kappa shape index (κ1) is 12.3. The Balaban J connectivity index is 1.91. The number of rotatable bonds is 3. The zero-order valence-electron chi connectivity index (χ0n) is 10.8. The molecule has 1 aliphatic carbocycles. The van der Waals surface area contributed by atoms with E-state index in [0.29, 0.717) is 19.3 Å². The molecule has 3 rings (SSSR count). The van der Waals surface area contributed by atoms with Crippen molar-refractivity contribution in [2.75, 3.05) is 0 Å². The van der Waals surface area contributed by atoms with Crippen molar-refractivity contribution in [2.45, 2.75) is 37.7 Å². The summed E-state index contributed by atoms with van der Waals surface area (Å²) < 4.78 is 0. The second-order valence-electron chi connectivity index (χ2n) is 5.33. The van der Waals surface area contributed by atoms with Crippen LogP contribution in [0.3, 0.4) is 0 Å². The number of Topliss-reactive ketones (excluding diaryl/α,β-unsaturated/α-hetero) is 1. The number of nitrogens with zero attached hydrogens (tertiary/aromatic N) is 1. The summed E-state index contributed by atoms with van der Waals surface area (Å²) in [5, 5.41) is 11.3. The third kappa shape index (κ3) is 2.26. The van der Waals surface area contributed by atoms with Crippen molar-refractivity contribution < 1.29 is 9.90 Å². The molecule has 3 nitrogen and oxygen atoms in total. The molecule has 0 saturated heterocycles. The number of hydrogen-bond donors (Lipinski definition) is 1. The monoisotopic (exact) mass is 255 g/mol. The fourth-order valence-electron chi connectivity index (χ4n) is 2.89. The van der Waals surface area contributed by atoms with Gasteiger partial charge in [0.25, 0.3) is 0 Å². The minimum atomic E-state index is -1.09. The molecule has 1 aliphatic rings. The second kappa shape index (κ2) is 4.74. The van der Waals surface area contributed by atoms with Crippen molar-refractivity contribution >= 4 is 16.7 Å². The average molecular weight is 255 g/mol. The SMILES string of the molecule is O=C(Cc1ccnc2ccccc12)C1(O)CCCC1. The van der Waals surface area contributed by atoms with Crippen molar-refractivity contribution in [2.24, 2.45) is 0 Å². The van der Waals surface area contributed by atoms with Gasteiger partial charge in [-0.3, -0.25) is 9.78 Å². The zero-order valence-corrected chi connectivity index (χ0v) is 10.8. The van der Waals surface area contributed by atoms with Crippen molar-refractivity contribution in [1.82, 2.24) is 4.98 Å². The van der Waals surface area contributed by atoms with Gasteiger partial charge in [0, 0.05) is 18.0 Å². The number of benzene rings is 1.